The average Bonchev–Trinajstić information content (AvgIpc) is 3.47. The van der Waals surface area contributed by atoms with Gasteiger partial charge >= 0.3 is 6.03 Å². The van der Waals surface area contributed by atoms with Gasteiger partial charge in [-0.05, 0) is 54.4 Å². The van der Waals surface area contributed by atoms with E-state index < -0.39 is 6.03 Å². The summed E-state index contributed by atoms with van der Waals surface area (Å²) in [6.45, 7) is 7.99. The molecule has 4 aromatic heterocycles. The summed E-state index contributed by atoms with van der Waals surface area (Å²) in [4.78, 5) is 49.0. The highest BCUT2D eigenvalue weighted by atomic mass is 16.3. The van der Waals surface area contributed by atoms with E-state index in [2.05, 4.69) is 35.9 Å². The van der Waals surface area contributed by atoms with Crippen molar-refractivity contribution >= 4 is 45.5 Å². The maximum atomic E-state index is 13.4. The lowest BCUT2D eigenvalue weighted by molar-refractivity contribution is 0.262. The van der Waals surface area contributed by atoms with Gasteiger partial charge in [0.05, 0.1) is 17.6 Å². The van der Waals surface area contributed by atoms with Gasteiger partial charge in [-0.25, -0.2) is 24.7 Å². The third-order valence-corrected chi connectivity index (χ3v) is 7.27. The summed E-state index contributed by atoms with van der Waals surface area (Å²) in [6, 6.07) is 12.2. The Morgan fingerprint density at radius 2 is 1.75 bits per heavy atom. The minimum atomic E-state index is -0.491. The molecule has 12 nitrogen and oxygen atoms in total. The zero-order chi connectivity index (χ0) is 31.2. The van der Waals surface area contributed by atoms with E-state index in [1.54, 1.807) is 44.7 Å². The van der Waals surface area contributed by atoms with Crippen molar-refractivity contribution in [2.24, 2.45) is 7.05 Å². The molecule has 2 aromatic carbocycles. The Hall–Kier alpha value is -5.65. The van der Waals surface area contributed by atoms with E-state index in [4.69, 9.17) is 9.40 Å². The Kier molecular flexibility index (Phi) is 7.04. The fourth-order valence-corrected chi connectivity index (χ4v) is 4.89. The zero-order valence-electron chi connectivity index (χ0n) is 25.2. The molecule has 0 atom stereocenters. The molecule has 44 heavy (non-hydrogen) atoms. The van der Waals surface area contributed by atoms with Crippen LogP contribution >= 0.6 is 0 Å². The molecule has 0 unspecified atom stereocenters. The van der Waals surface area contributed by atoms with Crippen LogP contribution in [0.15, 0.2) is 70.5 Å². The molecule has 3 N–H and O–H groups in total. The minimum Gasteiger partial charge on any atom is -0.443 e. The van der Waals surface area contributed by atoms with Crippen LogP contribution in [0.25, 0.3) is 44.5 Å². The van der Waals surface area contributed by atoms with Crippen molar-refractivity contribution in [2.75, 3.05) is 23.0 Å². The SMILES string of the molecule is CNc1ncc2cc(-c3cc(NC(=O)Nc4cnc(C(C)(C)C)nc4-c4ccc5ocnc5c4)ccc3C)c(=O)n(C)c2n1. The van der Waals surface area contributed by atoms with Gasteiger partial charge in [0, 0.05) is 47.9 Å². The largest absolute Gasteiger partial charge is 0.443 e. The highest BCUT2D eigenvalue weighted by Gasteiger charge is 2.21. The van der Waals surface area contributed by atoms with Gasteiger partial charge < -0.3 is 20.4 Å². The maximum Gasteiger partial charge on any atom is 0.323 e. The number of oxazole rings is 1. The number of nitrogens with zero attached hydrogens (tertiary/aromatic N) is 6. The van der Waals surface area contributed by atoms with E-state index in [1.165, 1.54) is 11.0 Å². The summed E-state index contributed by atoms with van der Waals surface area (Å²) in [5.41, 5.74) is 5.58. The third-order valence-electron chi connectivity index (χ3n) is 7.27. The number of rotatable bonds is 5. The number of nitrogens with one attached hydrogen (secondary N) is 3. The molecule has 0 aliphatic heterocycles. The van der Waals surface area contributed by atoms with Crippen molar-refractivity contribution in [2.45, 2.75) is 33.1 Å². The number of carbonyl (C=O) groups excluding carboxylic acids is 1. The predicted octanol–water partition coefficient (Wildman–Crippen LogP) is 5.89. The Bertz CT molecular complexity index is 2130. The van der Waals surface area contributed by atoms with Crippen molar-refractivity contribution in [1.29, 1.82) is 0 Å². The number of amides is 2. The van der Waals surface area contributed by atoms with Crippen LogP contribution in [-0.4, -0.2) is 42.6 Å². The normalized spacial score (nSPS) is 11.6. The van der Waals surface area contributed by atoms with Crippen molar-refractivity contribution < 1.29 is 9.21 Å². The monoisotopic (exact) mass is 589 g/mol. The highest BCUT2D eigenvalue weighted by Crippen LogP contribution is 2.31. The van der Waals surface area contributed by atoms with Gasteiger partial charge in [-0.2, -0.15) is 4.98 Å². The van der Waals surface area contributed by atoms with Gasteiger partial charge in [-0.3, -0.25) is 9.36 Å². The Balaban J connectivity index is 1.32. The fourth-order valence-electron chi connectivity index (χ4n) is 4.89. The maximum absolute atomic E-state index is 13.4. The van der Waals surface area contributed by atoms with E-state index in [-0.39, 0.29) is 11.0 Å². The van der Waals surface area contributed by atoms with Crippen LogP contribution in [0.1, 0.15) is 32.2 Å². The fraction of sp³-hybridized carbons (Fsp3) is 0.219. The standard InChI is InChI=1S/C32H31N9O3/c1-17-7-9-20(13-21(17)22-11-19-14-35-30(33-5)40-27(19)41(6)28(22)42)37-31(43)38-24-15-34-29(32(2,3)4)39-26(24)18-8-10-25-23(12-18)36-16-44-25/h7-16H,1-6H3,(H,33,35,40)(H2,37,38,43). The number of hydrogen-bond acceptors (Lipinski definition) is 9. The molecule has 2 amide bonds. The summed E-state index contributed by atoms with van der Waals surface area (Å²) >= 11 is 0. The number of anilines is 3. The quantitative estimate of drug-likeness (QED) is 0.224. The molecule has 0 saturated heterocycles. The summed E-state index contributed by atoms with van der Waals surface area (Å²) in [5.74, 6) is 1.06. The van der Waals surface area contributed by atoms with Gasteiger partial charge in [0.2, 0.25) is 5.95 Å². The van der Waals surface area contributed by atoms with Gasteiger partial charge in [0.25, 0.3) is 5.56 Å². The number of aryl methyl sites for hydroxylation is 2. The first-order valence-electron chi connectivity index (χ1n) is 14.0. The first kappa shape index (κ1) is 28.5. The van der Waals surface area contributed by atoms with E-state index >= 15 is 0 Å². The minimum absolute atomic E-state index is 0.215. The second kappa shape index (κ2) is 10.9. The Morgan fingerprint density at radius 1 is 0.932 bits per heavy atom. The van der Waals surface area contributed by atoms with Crippen LogP contribution in [0.5, 0.6) is 0 Å². The highest BCUT2D eigenvalue weighted by molar-refractivity contribution is 6.02. The van der Waals surface area contributed by atoms with E-state index in [9.17, 15) is 9.59 Å². The molecule has 6 rings (SSSR count). The number of carbonyl (C=O) groups is 1. The molecule has 0 saturated carbocycles. The topological polar surface area (TPSA) is 153 Å². The van der Waals surface area contributed by atoms with Crippen LogP contribution in [0.3, 0.4) is 0 Å². The summed E-state index contributed by atoms with van der Waals surface area (Å²) in [7, 11) is 3.40. The molecule has 0 aliphatic carbocycles. The van der Waals surface area contributed by atoms with E-state index in [1.807, 2.05) is 52.0 Å². The third kappa shape index (κ3) is 5.33. The molecule has 0 spiro atoms. The van der Waals surface area contributed by atoms with Gasteiger partial charge in [0.15, 0.2) is 12.0 Å². The predicted molar refractivity (Wildman–Crippen MR) is 171 cm³/mol. The van der Waals surface area contributed by atoms with Crippen LogP contribution in [0.2, 0.25) is 0 Å². The van der Waals surface area contributed by atoms with Crippen molar-refractivity contribution in [1.82, 2.24) is 29.5 Å². The van der Waals surface area contributed by atoms with Gasteiger partial charge in [-0.15, -0.1) is 0 Å². The second-order valence-corrected chi connectivity index (χ2v) is 11.5. The molecule has 0 fully saturated rings. The molecule has 0 radical (unpaired) electrons. The zero-order valence-corrected chi connectivity index (χ0v) is 25.2. The van der Waals surface area contributed by atoms with Crippen LogP contribution in [0, 0.1) is 6.92 Å². The lowest BCUT2D eigenvalue weighted by atomic mass is 9.95. The van der Waals surface area contributed by atoms with E-state index in [0.29, 0.717) is 62.1 Å². The molecule has 0 aliphatic rings. The number of pyridine rings is 1. The Labute approximate surface area is 252 Å². The molecule has 4 heterocycles. The number of fused-ring (bicyclic) bond motifs is 2. The smallest absolute Gasteiger partial charge is 0.323 e. The lowest BCUT2D eigenvalue weighted by Gasteiger charge is -2.19. The molecule has 6 aromatic rings. The van der Waals surface area contributed by atoms with Gasteiger partial charge in [-0.1, -0.05) is 26.8 Å². The van der Waals surface area contributed by atoms with Gasteiger partial charge in [0.1, 0.15) is 17.0 Å². The second-order valence-electron chi connectivity index (χ2n) is 11.5. The number of benzene rings is 2. The van der Waals surface area contributed by atoms with Crippen molar-refractivity contribution in [3.05, 3.63) is 83.0 Å². The van der Waals surface area contributed by atoms with Crippen LogP contribution in [-0.2, 0) is 12.5 Å². The van der Waals surface area contributed by atoms with Crippen LogP contribution < -0.4 is 21.5 Å². The molecular formula is C32H31N9O3. The summed E-state index contributed by atoms with van der Waals surface area (Å²) < 4.78 is 6.89. The summed E-state index contributed by atoms with van der Waals surface area (Å²) in [5, 5.41) is 9.40. The number of urea groups is 1. The molecule has 12 heteroatoms. The average molecular weight is 590 g/mol. The van der Waals surface area contributed by atoms with E-state index in [0.717, 1.165) is 11.1 Å². The van der Waals surface area contributed by atoms with Crippen LogP contribution in [0.4, 0.5) is 22.1 Å². The molecule has 222 valence electrons. The molecule has 0 bridgehead atoms. The molecular weight excluding hydrogens is 558 g/mol. The lowest BCUT2D eigenvalue weighted by Crippen LogP contribution is -2.22. The summed E-state index contributed by atoms with van der Waals surface area (Å²) in [6.07, 6.45) is 4.67. The van der Waals surface area contributed by atoms with Crippen molar-refractivity contribution in [3.63, 3.8) is 0 Å². The number of aromatic nitrogens is 6. The first-order chi connectivity index (χ1) is 21.0. The first-order valence-corrected chi connectivity index (χ1v) is 14.0. The van der Waals surface area contributed by atoms with Crippen molar-refractivity contribution in [3.8, 4) is 22.4 Å². The Morgan fingerprint density at radius 3 is 2.52 bits per heavy atom. The number of hydrogen-bond donors (Lipinski definition) is 3.